The van der Waals surface area contributed by atoms with Gasteiger partial charge in [0.2, 0.25) is 0 Å². The minimum absolute atomic E-state index is 0.00463. The van der Waals surface area contributed by atoms with E-state index < -0.39 is 5.97 Å². The van der Waals surface area contributed by atoms with Gasteiger partial charge in [0, 0.05) is 0 Å². The zero-order chi connectivity index (χ0) is 8.15. The monoisotopic (exact) mass is 143 g/mol. The molecule has 2 heteroatoms. The summed E-state index contributed by atoms with van der Waals surface area (Å²) in [5.74, 6) is 0.127. The Labute approximate surface area is 62.6 Å². The molecule has 0 aromatic heterocycles. The molecule has 0 aliphatic carbocycles. The summed E-state index contributed by atoms with van der Waals surface area (Å²) >= 11 is 0. The van der Waals surface area contributed by atoms with Crippen molar-refractivity contribution in [3.8, 4) is 0 Å². The summed E-state index contributed by atoms with van der Waals surface area (Å²) in [5.41, 5.74) is 0. The van der Waals surface area contributed by atoms with Crippen LogP contribution in [0, 0.1) is 12.8 Å². The molecule has 10 heavy (non-hydrogen) atoms. The molecule has 0 aromatic carbocycles. The third kappa shape index (κ3) is 5.60. The van der Waals surface area contributed by atoms with E-state index in [1.807, 2.05) is 6.92 Å². The quantitative estimate of drug-likeness (QED) is 0.563. The van der Waals surface area contributed by atoms with E-state index in [1.165, 1.54) is 0 Å². The molecular weight excluding hydrogens is 128 g/mol. The van der Waals surface area contributed by atoms with E-state index in [0.29, 0.717) is 5.92 Å². The first-order valence-corrected chi connectivity index (χ1v) is 3.55. The Kier molecular flexibility index (Phi) is 4.08. The lowest BCUT2D eigenvalue weighted by atomic mass is 10.1. The minimum Gasteiger partial charge on any atom is -0.463 e. The summed E-state index contributed by atoms with van der Waals surface area (Å²) in [7, 11) is 0. The lowest BCUT2D eigenvalue weighted by Crippen LogP contribution is -2.14. The van der Waals surface area contributed by atoms with Gasteiger partial charge in [-0.2, -0.15) is 0 Å². The van der Waals surface area contributed by atoms with Crippen LogP contribution < -0.4 is 0 Å². The SMILES string of the molecule is [CH2]C(=O)OC(C)CC(C)C. The largest absolute Gasteiger partial charge is 0.463 e. The Bertz CT molecular complexity index is 108. The van der Waals surface area contributed by atoms with E-state index in [-0.39, 0.29) is 6.10 Å². The second-order valence-electron chi connectivity index (χ2n) is 2.93. The van der Waals surface area contributed by atoms with Gasteiger partial charge in [-0.15, -0.1) is 0 Å². The van der Waals surface area contributed by atoms with Crippen molar-refractivity contribution in [3.05, 3.63) is 6.92 Å². The Morgan fingerprint density at radius 3 is 2.30 bits per heavy atom. The molecular formula is C8H15O2. The van der Waals surface area contributed by atoms with Gasteiger partial charge in [0.15, 0.2) is 0 Å². The molecule has 0 aliphatic rings. The van der Waals surface area contributed by atoms with Gasteiger partial charge >= 0.3 is 5.97 Å². The highest BCUT2D eigenvalue weighted by molar-refractivity contribution is 5.73. The molecule has 0 saturated heterocycles. The lowest BCUT2D eigenvalue weighted by molar-refractivity contribution is -0.143. The van der Waals surface area contributed by atoms with Crippen LogP contribution in [0.1, 0.15) is 27.2 Å². The van der Waals surface area contributed by atoms with Crippen molar-refractivity contribution in [1.29, 1.82) is 0 Å². The standard InChI is InChI=1S/C8H15O2/c1-6(2)5-7(3)10-8(4)9/h6-7H,4-5H2,1-3H3. The van der Waals surface area contributed by atoms with Crippen molar-refractivity contribution in [2.24, 2.45) is 5.92 Å². The Morgan fingerprint density at radius 2 is 2.00 bits per heavy atom. The highest BCUT2D eigenvalue weighted by Gasteiger charge is 2.06. The first-order chi connectivity index (χ1) is 4.52. The van der Waals surface area contributed by atoms with Crippen molar-refractivity contribution in [3.63, 3.8) is 0 Å². The van der Waals surface area contributed by atoms with Crippen LogP contribution in [0.2, 0.25) is 0 Å². The summed E-state index contributed by atoms with van der Waals surface area (Å²) in [6, 6.07) is 0. The van der Waals surface area contributed by atoms with Gasteiger partial charge in [-0.3, -0.25) is 4.79 Å². The number of hydrogen-bond acceptors (Lipinski definition) is 2. The van der Waals surface area contributed by atoms with Crippen molar-refractivity contribution in [2.75, 3.05) is 0 Å². The molecule has 0 rings (SSSR count). The van der Waals surface area contributed by atoms with Gasteiger partial charge in [0.25, 0.3) is 0 Å². The molecule has 0 fully saturated rings. The second-order valence-corrected chi connectivity index (χ2v) is 2.93. The molecule has 0 spiro atoms. The van der Waals surface area contributed by atoms with Gasteiger partial charge in [0.1, 0.15) is 0 Å². The highest BCUT2D eigenvalue weighted by Crippen LogP contribution is 2.06. The maximum atomic E-state index is 10.3. The molecule has 0 bridgehead atoms. The molecule has 0 amide bonds. The molecule has 0 saturated carbocycles. The minimum atomic E-state index is -0.437. The first kappa shape index (κ1) is 9.47. The fourth-order valence-corrected chi connectivity index (χ4v) is 0.936. The molecule has 1 radical (unpaired) electrons. The molecule has 1 unspecified atom stereocenters. The van der Waals surface area contributed by atoms with Crippen LogP contribution in [0.4, 0.5) is 0 Å². The summed E-state index contributed by atoms with van der Waals surface area (Å²) in [5, 5.41) is 0. The fraction of sp³-hybridized carbons (Fsp3) is 0.750. The number of hydrogen-bond donors (Lipinski definition) is 0. The van der Waals surface area contributed by atoms with Gasteiger partial charge in [-0.05, 0) is 19.3 Å². The van der Waals surface area contributed by atoms with E-state index >= 15 is 0 Å². The molecule has 0 heterocycles. The van der Waals surface area contributed by atoms with Crippen molar-refractivity contribution in [2.45, 2.75) is 33.3 Å². The van der Waals surface area contributed by atoms with Crippen LogP contribution in [0.15, 0.2) is 0 Å². The van der Waals surface area contributed by atoms with E-state index in [0.717, 1.165) is 6.42 Å². The number of carbonyl (C=O) groups excluding carboxylic acids is 1. The average molecular weight is 143 g/mol. The van der Waals surface area contributed by atoms with E-state index in [4.69, 9.17) is 4.74 Å². The Hall–Kier alpha value is -0.530. The second kappa shape index (κ2) is 4.31. The first-order valence-electron chi connectivity index (χ1n) is 3.55. The maximum absolute atomic E-state index is 10.3. The van der Waals surface area contributed by atoms with Crippen LogP contribution in [-0.2, 0) is 9.53 Å². The average Bonchev–Trinajstić information content (AvgIpc) is 1.58. The number of carbonyl (C=O) groups is 1. The third-order valence-electron chi connectivity index (χ3n) is 1.14. The molecule has 1 atom stereocenters. The third-order valence-corrected chi connectivity index (χ3v) is 1.14. The molecule has 0 N–H and O–H groups in total. The van der Waals surface area contributed by atoms with Crippen molar-refractivity contribution < 1.29 is 9.53 Å². The molecule has 59 valence electrons. The smallest absolute Gasteiger partial charge is 0.306 e. The van der Waals surface area contributed by atoms with E-state index in [2.05, 4.69) is 20.8 Å². The number of esters is 1. The predicted molar refractivity (Wildman–Crippen MR) is 40.4 cm³/mol. The normalized spacial score (nSPS) is 13.3. The summed E-state index contributed by atoms with van der Waals surface area (Å²) < 4.78 is 4.81. The van der Waals surface area contributed by atoms with Gasteiger partial charge < -0.3 is 4.74 Å². The van der Waals surface area contributed by atoms with Crippen LogP contribution in [0.5, 0.6) is 0 Å². The van der Waals surface area contributed by atoms with Crippen molar-refractivity contribution in [1.82, 2.24) is 0 Å². The summed E-state index contributed by atoms with van der Waals surface area (Å²) in [6.07, 6.45) is 0.909. The molecule has 2 nitrogen and oxygen atoms in total. The number of rotatable bonds is 3. The predicted octanol–water partition coefficient (Wildman–Crippen LogP) is 1.80. The highest BCUT2D eigenvalue weighted by atomic mass is 16.5. The van der Waals surface area contributed by atoms with Crippen LogP contribution in [0.25, 0.3) is 0 Å². The zero-order valence-corrected chi connectivity index (χ0v) is 6.89. The van der Waals surface area contributed by atoms with Gasteiger partial charge in [-0.25, -0.2) is 0 Å². The van der Waals surface area contributed by atoms with Crippen LogP contribution in [0.3, 0.4) is 0 Å². The van der Waals surface area contributed by atoms with Crippen LogP contribution in [-0.4, -0.2) is 12.1 Å². The maximum Gasteiger partial charge on any atom is 0.306 e. The summed E-state index contributed by atoms with van der Waals surface area (Å²) in [6.45, 7) is 9.18. The Balaban J connectivity index is 3.43. The fourth-order valence-electron chi connectivity index (χ4n) is 0.936. The van der Waals surface area contributed by atoms with Gasteiger partial charge in [-0.1, -0.05) is 13.8 Å². The molecule has 0 aliphatic heterocycles. The van der Waals surface area contributed by atoms with E-state index in [1.54, 1.807) is 0 Å². The Morgan fingerprint density at radius 1 is 1.50 bits per heavy atom. The lowest BCUT2D eigenvalue weighted by Gasteiger charge is -2.13. The summed E-state index contributed by atoms with van der Waals surface area (Å²) in [4.78, 5) is 10.3. The topological polar surface area (TPSA) is 26.3 Å². The van der Waals surface area contributed by atoms with Crippen LogP contribution >= 0.6 is 0 Å². The molecule has 0 aromatic rings. The zero-order valence-electron chi connectivity index (χ0n) is 6.89. The van der Waals surface area contributed by atoms with E-state index in [9.17, 15) is 4.79 Å². The van der Waals surface area contributed by atoms with Gasteiger partial charge in [0.05, 0.1) is 13.0 Å². The van der Waals surface area contributed by atoms with Crippen molar-refractivity contribution >= 4 is 5.97 Å². The number of ether oxygens (including phenoxy) is 1.